The van der Waals surface area contributed by atoms with Crippen LogP contribution in [-0.4, -0.2) is 84.1 Å². The van der Waals surface area contributed by atoms with E-state index in [1.807, 2.05) is 6.92 Å². The molecule has 0 radical (unpaired) electrons. The molecule has 0 aliphatic heterocycles. The molecule has 4 N–H and O–H groups in total. The van der Waals surface area contributed by atoms with Crippen LogP contribution in [0.5, 0.6) is 0 Å². The molecule has 0 spiro atoms. The second-order valence-electron chi connectivity index (χ2n) is 8.21. The lowest BCUT2D eigenvalue weighted by Crippen LogP contribution is -2.42. The Kier molecular flexibility index (Phi) is 19.3. The first-order valence-electron chi connectivity index (χ1n) is 11.9. The van der Waals surface area contributed by atoms with Crippen LogP contribution in [0.1, 0.15) is 73.1 Å². The van der Waals surface area contributed by atoms with E-state index in [1.54, 1.807) is 0 Å². The number of amides is 2. The Morgan fingerprint density at radius 1 is 0.939 bits per heavy atom. The van der Waals surface area contributed by atoms with E-state index in [9.17, 15) is 9.59 Å². The van der Waals surface area contributed by atoms with E-state index in [-0.39, 0.29) is 50.2 Å². The summed E-state index contributed by atoms with van der Waals surface area (Å²) in [5.41, 5.74) is 0. The van der Waals surface area contributed by atoms with Gasteiger partial charge < -0.3 is 29.9 Å². The van der Waals surface area contributed by atoms with Crippen molar-refractivity contribution in [2.24, 2.45) is 4.99 Å². The Morgan fingerprint density at radius 3 is 1.82 bits per heavy atom. The summed E-state index contributed by atoms with van der Waals surface area (Å²) in [6, 6.07) is 0.292. The van der Waals surface area contributed by atoms with Crippen molar-refractivity contribution >= 4 is 26.7 Å². The second kappa shape index (κ2) is 20.1. The van der Waals surface area contributed by atoms with Gasteiger partial charge in [0.2, 0.25) is 11.8 Å². The van der Waals surface area contributed by atoms with Crippen molar-refractivity contribution in [1.29, 1.82) is 0 Å². The van der Waals surface area contributed by atoms with Crippen molar-refractivity contribution in [3.63, 3.8) is 0 Å². The molecule has 0 bridgehead atoms. The van der Waals surface area contributed by atoms with Crippen molar-refractivity contribution in [2.45, 2.75) is 91.3 Å². The van der Waals surface area contributed by atoms with Crippen molar-refractivity contribution in [3.8, 4) is 0 Å². The molecule has 2 amide bonds. The highest BCUT2D eigenvalue weighted by molar-refractivity contribution is 7.45. The first kappa shape index (κ1) is 31.7. The highest BCUT2D eigenvalue weighted by Gasteiger charge is 2.31. The number of carbonyl (C=O) groups excluding carboxylic acids is 2. The van der Waals surface area contributed by atoms with Crippen LogP contribution >= 0.6 is 8.53 Å². The maximum absolute atomic E-state index is 12.2. The smallest absolute Gasteiger partial charge is 0.322 e. The van der Waals surface area contributed by atoms with Crippen LogP contribution in [0, 0.1) is 0 Å². The summed E-state index contributed by atoms with van der Waals surface area (Å²) in [7, 11) is -1.53. The van der Waals surface area contributed by atoms with E-state index >= 15 is 0 Å². The lowest BCUT2D eigenvalue weighted by molar-refractivity contribution is -0.121. The molecular weight excluding hydrogens is 447 g/mol. The van der Waals surface area contributed by atoms with Crippen LogP contribution < -0.4 is 10.6 Å². The van der Waals surface area contributed by atoms with Gasteiger partial charge in [0.15, 0.2) is 6.40 Å². The number of unbranched alkanes of at least 4 members (excludes halogenated alkanes) is 2. The molecule has 0 aromatic carbocycles. The van der Waals surface area contributed by atoms with Gasteiger partial charge in [-0.15, -0.1) is 0 Å². The van der Waals surface area contributed by atoms with Crippen molar-refractivity contribution in [2.75, 3.05) is 32.8 Å². The average Bonchev–Trinajstić information content (AvgIpc) is 2.75. The lowest BCUT2D eigenvalue weighted by Gasteiger charge is -2.36. The van der Waals surface area contributed by atoms with Crippen LogP contribution in [0.3, 0.4) is 0 Å². The lowest BCUT2D eigenvalue weighted by atomic mass is 10.2. The van der Waals surface area contributed by atoms with Crippen LogP contribution in [0.4, 0.5) is 0 Å². The summed E-state index contributed by atoms with van der Waals surface area (Å²) < 4.78 is 14.3. The molecule has 0 saturated carbocycles. The van der Waals surface area contributed by atoms with Crippen LogP contribution in [0.2, 0.25) is 0 Å². The first-order valence-corrected chi connectivity index (χ1v) is 13.0. The number of rotatable bonds is 20. The number of nitrogens with zero attached hydrogens (tertiary/aromatic N) is 2. The number of aliphatic imine (C=N–C) groups is 1. The fourth-order valence-electron chi connectivity index (χ4n) is 2.96. The maximum atomic E-state index is 12.2. The Labute approximate surface area is 200 Å². The quantitative estimate of drug-likeness (QED) is 0.0887. The van der Waals surface area contributed by atoms with Gasteiger partial charge in [-0.05, 0) is 60.3 Å². The Balaban J connectivity index is 5.26. The van der Waals surface area contributed by atoms with Crippen LogP contribution in [0.25, 0.3) is 0 Å². The molecular formula is C22H45N4O6P. The van der Waals surface area contributed by atoms with Gasteiger partial charge in [-0.3, -0.25) is 14.6 Å². The fraction of sp³-hybridized carbons (Fsp3) is 0.864. The zero-order valence-corrected chi connectivity index (χ0v) is 21.9. The molecule has 1 atom stereocenters. The summed E-state index contributed by atoms with van der Waals surface area (Å²) in [5, 5.41) is 23.5. The minimum atomic E-state index is -1.53. The van der Waals surface area contributed by atoms with E-state index < -0.39 is 14.6 Å². The summed E-state index contributed by atoms with van der Waals surface area (Å²) >= 11 is 0. The molecule has 1 unspecified atom stereocenters. The van der Waals surface area contributed by atoms with E-state index in [4.69, 9.17) is 19.3 Å². The average molecular weight is 493 g/mol. The van der Waals surface area contributed by atoms with Gasteiger partial charge in [-0.25, -0.2) is 4.67 Å². The highest BCUT2D eigenvalue weighted by atomic mass is 31.2. The van der Waals surface area contributed by atoms with E-state index in [0.717, 1.165) is 0 Å². The SMILES string of the molecule is CC/N=C/OP(OC(CNC(=O)CCCCO)CNC(=O)CCCCO)N(C(C)C)C(C)C. The van der Waals surface area contributed by atoms with Crippen molar-refractivity contribution in [3.05, 3.63) is 0 Å². The molecule has 0 fully saturated rings. The number of hydrogen-bond donors (Lipinski definition) is 4. The third-order valence-corrected chi connectivity index (χ3v) is 6.61. The Morgan fingerprint density at radius 2 is 1.42 bits per heavy atom. The van der Waals surface area contributed by atoms with Crippen LogP contribution in [-0.2, 0) is 18.6 Å². The third kappa shape index (κ3) is 16.0. The van der Waals surface area contributed by atoms with Crippen molar-refractivity contribution < 1.29 is 28.8 Å². The van der Waals surface area contributed by atoms with Gasteiger partial charge in [0.1, 0.15) is 6.10 Å². The number of nitrogens with one attached hydrogen (secondary N) is 2. The van der Waals surface area contributed by atoms with E-state index in [1.165, 1.54) is 6.40 Å². The van der Waals surface area contributed by atoms with Crippen LogP contribution in [0.15, 0.2) is 4.99 Å². The normalized spacial score (nSPS) is 12.8. The Bertz CT molecular complexity index is 517. The summed E-state index contributed by atoms with van der Waals surface area (Å²) in [4.78, 5) is 28.5. The minimum absolute atomic E-state index is 0.0580. The topological polar surface area (TPSA) is 133 Å². The Hall–Kier alpha value is -1.32. The van der Waals surface area contributed by atoms with E-state index in [2.05, 4.69) is 48.0 Å². The molecule has 11 heteroatoms. The molecule has 0 aromatic rings. The van der Waals surface area contributed by atoms with Crippen molar-refractivity contribution in [1.82, 2.24) is 15.3 Å². The number of hydrogen-bond acceptors (Lipinski definition) is 8. The molecule has 0 aliphatic rings. The molecule has 10 nitrogen and oxygen atoms in total. The largest absolute Gasteiger partial charge is 0.425 e. The predicted molar refractivity (Wildman–Crippen MR) is 132 cm³/mol. The summed E-state index contributed by atoms with van der Waals surface area (Å²) in [6.45, 7) is 11.3. The van der Waals surface area contributed by atoms with Gasteiger partial charge in [0.25, 0.3) is 0 Å². The first-order chi connectivity index (χ1) is 15.8. The number of carbonyl (C=O) groups is 2. The zero-order valence-electron chi connectivity index (χ0n) is 21.0. The molecule has 0 aliphatic carbocycles. The number of aliphatic hydroxyl groups is 2. The molecule has 0 aromatic heterocycles. The van der Waals surface area contributed by atoms with Gasteiger partial charge in [0, 0.05) is 57.8 Å². The second-order valence-corrected chi connectivity index (χ2v) is 9.57. The van der Waals surface area contributed by atoms with Gasteiger partial charge >= 0.3 is 8.53 Å². The summed E-state index contributed by atoms with van der Waals surface area (Å²) in [5.74, 6) is -0.262. The zero-order chi connectivity index (χ0) is 25.1. The highest BCUT2D eigenvalue weighted by Crippen LogP contribution is 2.46. The fourth-order valence-corrected chi connectivity index (χ4v) is 4.53. The minimum Gasteiger partial charge on any atom is -0.425 e. The molecule has 194 valence electrons. The maximum Gasteiger partial charge on any atom is 0.322 e. The molecule has 33 heavy (non-hydrogen) atoms. The standard InChI is InChI=1S/C22H45N4O6P/c1-6-23-17-31-33(26(18(2)3)19(4)5)32-20(15-24-21(29)11-7-9-13-27)16-25-22(30)12-8-10-14-28/h17-20,27-28H,6-16H2,1-5H3,(H,24,29)(H,25,30)/b23-17+. The van der Waals surface area contributed by atoms with E-state index in [0.29, 0.717) is 45.1 Å². The molecule has 0 heterocycles. The summed E-state index contributed by atoms with van der Waals surface area (Å²) in [6.07, 6.45) is 3.89. The van der Waals surface area contributed by atoms with Gasteiger partial charge in [-0.1, -0.05) is 0 Å². The molecule has 0 saturated heterocycles. The third-order valence-electron chi connectivity index (χ3n) is 4.56. The molecule has 0 rings (SSSR count). The monoisotopic (exact) mass is 492 g/mol. The van der Waals surface area contributed by atoms with Gasteiger partial charge in [-0.2, -0.15) is 0 Å². The number of aliphatic hydroxyl groups excluding tert-OH is 2. The predicted octanol–water partition coefficient (Wildman–Crippen LogP) is 2.34. The van der Waals surface area contributed by atoms with Gasteiger partial charge in [0.05, 0.1) is 0 Å².